The van der Waals surface area contributed by atoms with E-state index in [2.05, 4.69) is 12.7 Å². The second-order valence-electron chi connectivity index (χ2n) is 3.54. The topological polar surface area (TPSA) is 101 Å². The SMILES string of the molecule is CCCCCCCCC(=O)O.NC(=O)CO. The van der Waals surface area contributed by atoms with Gasteiger partial charge in [-0.3, -0.25) is 9.59 Å². The average Bonchev–Trinajstić information content (AvgIpc) is 2.23. The monoisotopic (exact) mass is 233 g/mol. The smallest absolute Gasteiger partial charge is 0.303 e. The number of aliphatic hydroxyl groups is 1. The average molecular weight is 233 g/mol. The Morgan fingerprint density at radius 3 is 1.88 bits per heavy atom. The molecule has 0 aliphatic heterocycles. The van der Waals surface area contributed by atoms with E-state index in [4.69, 9.17) is 10.2 Å². The van der Waals surface area contributed by atoms with Crippen molar-refractivity contribution in [3.63, 3.8) is 0 Å². The van der Waals surface area contributed by atoms with Crippen molar-refractivity contribution >= 4 is 11.9 Å². The minimum Gasteiger partial charge on any atom is -0.481 e. The van der Waals surface area contributed by atoms with Crippen LogP contribution in [0.2, 0.25) is 0 Å². The summed E-state index contributed by atoms with van der Waals surface area (Å²) in [6.07, 6.45) is 7.25. The summed E-state index contributed by atoms with van der Waals surface area (Å²) in [5.41, 5.74) is 4.40. The number of nitrogens with two attached hydrogens (primary N) is 1. The zero-order chi connectivity index (χ0) is 12.8. The fourth-order valence-electron chi connectivity index (χ4n) is 1.06. The summed E-state index contributed by atoms with van der Waals surface area (Å²) in [6.45, 7) is 1.62. The zero-order valence-electron chi connectivity index (χ0n) is 9.95. The highest BCUT2D eigenvalue weighted by atomic mass is 16.4. The number of carbonyl (C=O) groups excluding carboxylic acids is 1. The first-order valence-electron chi connectivity index (χ1n) is 5.65. The summed E-state index contributed by atoms with van der Waals surface area (Å²) in [5, 5.41) is 16.0. The van der Waals surface area contributed by atoms with Gasteiger partial charge in [-0.05, 0) is 6.42 Å². The van der Waals surface area contributed by atoms with Gasteiger partial charge >= 0.3 is 5.97 Å². The van der Waals surface area contributed by atoms with Gasteiger partial charge in [0.05, 0.1) is 0 Å². The van der Waals surface area contributed by atoms with E-state index >= 15 is 0 Å². The first kappa shape index (κ1) is 17.3. The lowest BCUT2D eigenvalue weighted by molar-refractivity contribution is -0.137. The Kier molecular flexibility index (Phi) is 15.0. The molecule has 4 N–H and O–H groups in total. The van der Waals surface area contributed by atoms with E-state index in [0.29, 0.717) is 6.42 Å². The van der Waals surface area contributed by atoms with Gasteiger partial charge in [0.15, 0.2) is 0 Å². The predicted molar refractivity (Wildman–Crippen MR) is 61.9 cm³/mol. The largest absolute Gasteiger partial charge is 0.481 e. The number of unbranched alkanes of at least 4 members (excludes halogenated alkanes) is 5. The van der Waals surface area contributed by atoms with Crippen LogP contribution < -0.4 is 5.73 Å². The van der Waals surface area contributed by atoms with Crippen molar-refractivity contribution in [1.82, 2.24) is 0 Å². The quantitative estimate of drug-likeness (QED) is 0.550. The van der Waals surface area contributed by atoms with Gasteiger partial charge in [0.25, 0.3) is 0 Å². The van der Waals surface area contributed by atoms with Crippen LogP contribution in [-0.4, -0.2) is 28.7 Å². The molecule has 0 aliphatic rings. The van der Waals surface area contributed by atoms with E-state index in [0.717, 1.165) is 12.8 Å². The molecule has 0 heterocycles. The number of primary amides is 1. The van der Waals surface area contributed by atoms with E-state index in [1.165, 1.54) is 25.7 Å². The van der Waals surface area contributed by atoms with Crippen molar-refractivity contribution in [3.05, 3.63) is 0 Å². The van der Waals surface area contributed by atoms with Crippen LogP contribution in [0, 0.1) is 0 Å². The van der Waals surface area contributed by atoms with Crippen molar-refractivity contribution in [1.29, 1.82) is 0 Å². The Balaban J connectivity index is 0. The maximum Gasteiger partial charge on any atom is 0.303 e. The van der Waals surface area contributed by atoms with Crippen molar-refractivity contribution in [3.8, 4) is 0 Å². The first-order chi connectivity index (χ1) is 7.54. The summed E-state index contributed by atoms with van der Waals surface area (Å²) in [4.78, 5) is 19.4. The third-order valence-corrected chi connectivity index (χ3v) is 1.90. The second kappa shape index (κ2) is 13.9. The number of hydrogen-bond donors (Lipinski definition) is 3. The van der Waals surface area contributed by atoms with E-state index in [1.807, 2.05) is 0 Å². The summed E-state index contributed by atoms with van der Waals surface area (Å²) in [5.74, 6) is -1.36. The molecule has 0 saturated carbocycles. The van der Waals surface area contributed by atoms with Gasteiger partial charge in [-0.25, -0.2) is 0 Å². The first-order valence-corrected chi connectivity index (χ1v) is 5.65. The Labute approximate surface area is 96.6 Å². The molecule has 96 valence electrons. The molecule has 0 aromatic rings. The second-order valence-corrected chi connectivity index (χ2v) is 3.54. The molecule has 0 aromatic heterocycles. The summed E-state index contributed by atoms with van der Waals surface area (Å²) in [7, 11) is 0. The number of aliphatic hydroxyl groups excluding tert-OH is 1. The molecule has 0 atom stereocenters. The molecular formula is C11H23NO4. The number of aliphatic carboxylic acids is 1. The molecule has 5 heteroatoms. The maximum atomic E-state index is 10.1. The van der Waals surface area contributed by atoms with Gasteiger partial charge in [-0.2, -0.15) is 0 Å². The number of carboxylic acid groups (broad SMARTS) is 1. The van der Waals surface area contributed by atoms with Crippen molar-refractivity contribution < 1.29 is 19.8 Å². The lowest BCUT2D eigenvalue weighted by Gasteiger charge is -1.97. The van der Waals surface area contributed by atoms with E-state index in [-0.39, 0.29) is 0 Å². The van der Waals surface area contributed by atoms with Crippen LogP contribution in [0.25, 0.3) is 0 Å². The Morgan fingerprint density at radius 1 is 1.06 bits per heavy atom. The highest BCUT2D eigenvalue weighted by molar-refractivity contribution is 5.74. The number of carboxylic acids is 1. The molecular weight excluding hydrogens is 210 g/mol. The molecule has 0 radical (unpaired) electrons. The molecule has 0 spiro atoms. The minimum atomic E-state index is -0.690. The van der Waals surface area contributed by atoms with Gasteiger partial charge in [0.1, 0.15) is 6.61 Å². The number of hydrogen-bond acceptors (Lipinski definition) is 3. The lowest BCUT2D eigenvalue weighted by atomic mass is 10.1. The molecule has 0 unspecified atom stereocenters. The molecule has 0 saturated heterocycles. The molecule has 16 heavy (non-hydrogen) atoms. The van der Waals surface area contributed by atoms with Crippen LogP contribution in [0.4, 0.5) is 0 Å². The lowest BCUT2D eigenvalue weighted by Crippen LogP contribution is -2.14. The molecule has 0 rings (SSSR count). The van der Waals surface area contributed by atoms with Crippen molar-refractivity contribution in [2.75, 3.05) is 6.61 Å². The minimum absolute atomic E-state index is 0.339. The molecule has 0 fully saturated rings. The van der Waals surface area contributed by atoms with E-state index < -0.39 is 18.5 Å². The Morgan fingerprint density at radius 2 is 1.50 bits per heavy atom. The molecule has 1 amide bonds. The standard InChI is InChI=1S/C9H18O2.C2H5NO2/c1-2-3-4-5-6-7-8-9(10)11;3-2(5)1-4/h2-8H2,1H3,(H,10,11);4H,1H2,(H2,3,5). The highest BCUT2D eigenvalue weighted by Gasteiger charge is 1.95. The normalized spacial score (nSPS) is 9.12. The van der Waals surface area contributed by atoms with Crippen molar-refractivity contribution in [2.24, 2.45) is 5.73 Å². The van der Waals surface area contributed by atoms with Crippen molar-refractivity contribution in [2.45, 2.75) is 51.9 Å². The van der Waals surface area contributed by atoms with Gasteiger partial charge in [0.2, 0.25) is 5.91 Å². The van der Waals surface area contributed by atoms with Crippen LogP contribution in [0.15, 0.2) is 0 Å². The summed E-state index contributed by atoms with van der Waals surface area (Å²) < 4.78 is 0. The predicted octanol–water partition coefficient (Wildman–Crippen LogP) is 1.29. The third-order valence-electron chi connectivity index (χ3n) is 1.90. The van der Waals surface area contributed by atoms with Gasteiger partial charge in [-0.15, -0.1) is 0 Å². The summed E-state index contributed by atoms with van der Waals surface area (Å²) >= 11 is 0. The highest BCUT2D eigenvalue weighted by Crippen LogP contribution is 2.06. The Bertz CT molecular complexity index is 183. The van der Waals surface area contributed by atoms with Crippen LogP contribution >= 0.6 is 0 Å². The van der Waals surface area contributed by atoms with Crippen LogP contribution in [0.1, 0.15) is 51.9 Å². The van der Waals surface area contributed by atoms with Gasteiger partial charge in [-0.1, -0.05) is 39.0 Å². The summed E-state index contributed by atoms with van der Waals surface area (Å²) in [6, 6.07) is 0. The number of carbonyl (C=O) groups is 2. The fourth-order valence-corrected chi connectivity index (χ4v) is 1.06. The van der Waals surface area contributed by atoms with E-state index in [9.17, 15) is 9.59 Å². The van der Waals surface area contributed by atoms with Gasteiger partial charge < -0.3 is 15.9 Å². The molecule has 0 aliphatic carbocycles. The molecule has 5 nitrogen and oxygen atoms in total. The third kappa shape index (κ3) is 23.1. The zero-order valence-corrected chi connectivity index (χ0v) is 9.95. The number of amides is 1. The number of rotatable bonds is 8. The molecule has 0 aromatic carbocycles. The van der Waals surface area contributed by atoms with E-state index in [1.54, 1.807) is 0 Å². The fraction of sp³-hybridized carbons (Fsp3) is 0.818. The maximum absolute atomic E-state index is 10.1. The van der Waals surface area contributed by atoms with Gasteiger partial charge in [0, 0.05) is 6.42 Å². The Hall–Kier alpha value is -1.10. The molecule has 0 bridgehead atoms. The van der Waals surface area contributed by atoms with Crippen LogP contribution in [-0.2, 0) is 9.59 Å². The van der Waals surface area contributed by atoms with Crippen LogP contribution in [0.3, 0.4) is 0 Å². The van der Waals surface area contributed by atoms with Crippen LogP contribution in [0.5, 0.6) is 0 Å².